The van der Waals surface area contributed by atoms with E-state index in [2.05, 4.69) is 4.98 Å². The van der Waals surface area contributed by atoms with Crippen LogP contribution in [0.15, 0.2) is 23.0 Å². The summed E-state index contributed by atoms with van der Waals surface area (Å²) in [7, 11) is 0. The van der Waals surface area contributed by atoms with Gasteiger partial charge in [0.15, 0.2) is 5.78 Å². The highest BCUT2D eigenvalue weighted by atomic mass is 16.2. The molecule has 21 heavy (non-hydrogen) atoms. The number of Topliss-reactive ketones (excluding diaryl/α,β-unsaturated/α-hetero) is 2. The summed E-state index contributed by atoms with van der Waals surface area (Å²) in [6.45, 7) is 1.70. The number of benzene rings is 1. The zero-order valence-corrected chi connectivity index (χ0v) is 11.6. The largest absolute Gasteiger partial charge is 0.399 e. The van der Waals surface area contributed by atoms with Crippen LogP contribution < -0.4 is 11.3 Å². The Morgan fingerprint density at radius 3 is 2.76 bits per heavy atom. The molecule has 1 unspecified atom stereocenters. The maximum absolute atomic E-state index is 12.7. The number of hydrogen-bond acceptors (Lipinski definition) is 5. The second kappa shape index (κ2) is 4.80. The van der Waals surface area contributed by atoms with Crippen molar-refractivity contribution in [1.29, 1.82) is 0 Å². The van der Waals surface area contributed by atoms with Crippen molar-refractivity contribution in [2.24, 2.45) is 0 Å². The van der Waals surface area contributed by atoms with Gasteiger partial charge in [-0.2, -0.15) is 0 Å². The molecule has 1 atom stereocenters. The van der Waals surface area contributed by atoms with Crippen LogP contribution in [0.5, 0.6) is 0 Å². The lowest BCUT2D eigenvalue weighted by molar-refractivity contribution is -0.132. The molecule has 1 heterocycles. The smallest absolute Gasteiger partial charge is 0.262 e. The van der Waals surface area contributed by atoms with Gasteiger partial charge in [0.05, 0.1) is 23.4 Å². The minimum absolute atomic E-state index is 0.0695. The fraction of sp³-hybridized carbons (Fsp3) is 0.333. The fourth-order valence-corrected chi connectivity index (χ4v) is 2.83. The van der Waals surface area contributed by atoms with Gasteiger partial charge in [0.25, 0.3) is 5.56 Å². The minimum atomic E-state index is -0.603. The van der Waals surface area contributed by atoms with Gasteiger partial charge in [0.1, 0.15) is 11.6 Å². The molecular formula is C15H15N3O3. The third-order valence-electron chi connectivity index (χ3n) is 3.85. The topological polar surface area (TPSA) is 95.0 Å². The number of nitrogen functional groups attached to an aromatic ring is 1. The van der Waals surface area contributed by atoms with E-state index in [9.17, 15) is 14.4 Å². The van der Waals surface area contributed by atoms with Gasteiger partial charge in [-0.15, -0.1) is 0 Å². The molecule has 1 aliphatic rings. The first-order valence-electron chi connectivity index (χ1n) is 6.80. The summed E-state index contributed by atoms with van der Waals surface area (Å²) in [5.41, 5.74) is 6.47. The van der Waals surface area contributed by atoms with E-state index in [1.165, 1.54) is 4.57 Å². The number of anilines is 1. The van der Waals surface area contributed by atoms with Crippen molar-refractivity contribution < 1.29 is 9.59 Å². The van der Waals surface area contributed by atoms with Crippen LogP contribution in [0.4, 0.5) is 5.69 Å². The van der Waals surface area contributed by atoms with Crippen LogP contribution in [0.2, 0.25) is 0 Å². The third kappa shape index (κ3) is 2.22. The Kier molecular flexibility index (Phi) is 3.08. The van der Waals surface area contributed by atoms with E-state index < -0.39 is 6.04 Å². The Morgan fingerprint density at radius 1 is 1.29 bits per heavy atom. The number of nitrogens with zero attached hydrogens (tertiary/aromatic N) is 2. The van der Waals surface area contributed by atoms with Crippen molar-refractivity contribution in [2.75, 3.05) is 5.73 Å². The van der Waals surface area contributed by atoms with E-state index in [0.717, 1.165) is 0 Å². The molecule has 1 aromatic heterocycles. The molecule has 3 rings (SSSR count). The summed E-state index contributed by atoms with van der Waals surface area (Å²) in [5.74, 6) is 0.186. The molecule has 0 spiro atoms. The molecule has 0 amide bonds. The van der Waals surface area contributed by atoms with Crippen LogP contribution >= 0.6 is 0 Å². The molecule has 2 aromatic rings. The number of aromatic nitrogens is 2. The van der Waals surface area contributed by atoms with E-state index in [-0.39, 0.29) is 23.5 Å². The first-order valence-corrected chi connectivity index (χ1v) is 6.80. The summed E-state index contributed by atoms with van der Waals surface area (Å²) in [6, 6.07) is 4.34. The van der Waals surface area contributed by atoms with Crippen molar-refractivity contribution in [1.82, 2.24) is 9.55 Å². The molecule has 1 fully saturated rings. The molecule has 6 nitrogen and oxygen atoms in total. The molecular weight excluding hydrogens is 270 g/mol. The quantitative estimate of drug-likeness (QED) is 0.626. The molecule has 0 radical (unpaired) electrons. The number of fused-ring (bicyclic) bond motifs is 1. The van der Waals surface area contributed by atoms with Gasteiger partial charge in [-0.3, -0.25) is 19.0 Å². The summed E-state index contributed by atoms with van der Waals surface area (Å²) in [4.78, 5) is 40.5. The molecule has 108 valence electrons. The van der Waals surface area contributed by atoms with E-state index in [4.69, 9.17) is 5.73 Å². The lowest BCUT2D eigenvalue weighted by atomic mass is 9.92. The molecule has 0 bridgehead atoms. The van der Waals surface area contributed by atoms with Crippen molar-refractivity contribution in [3.05, 3.63) is 34.4 Å². The van der Waals surface area contributed by atoms with Gasteiger partial charge in [0.2, 0.25) is 0 Å². The van der Waals surface area contributed by atoms with Gasteiger partial charge in [-0.25, -0.2) is 4.98 Å². The molecule has 0 aliphatic heterocycles. The van der Waals surface area contributed by atoms with Crippen molar-refractivity contribution in [3.63, 3.8) is 0 Å². The predicted molar refractivity (Wildman–Crippen MR) is 78.1 cm³/mol. The van der Waals surface area contributed by atoms with E-state index in [1.807, 2.05) is 0 Å². The number of rotatable bonds is 1. The van der Waals surface area contributed by atoms with Crippen LogP contribution in [0.25, 0.3) is 10.9 Å². The minimum Gasteiger partial charge on any atom is -0.399 e. The molecule has 0 saturated heterocycles. The Morgan fingerprint density at radius 2 is 2.05 bits per heavy atom. The van der Waals surface area contributed by atoms with Gasteiger partial charge in [0, 0.05) is 12.1 Å². The Balaban J connectivity index is 2.21. The summed E-state index contributed by atoms with van der Waals surface area (Å²) in [6.07, 6.45) is 0.566. The molecule has 2 N–H and O–H groups in total. The zero-order chi connectivity index (χ0) is 15.1. The lowest BCUT2D eigenvalue weighted by Crippen LogP contribution is -2.36. The van der Waals surface area contributed by atoms with Gasteiger partial charge >= 0.3 is 0 Å². The summed E-state index contributed by atoms with van der Waals surface area (Å²) in [5, 5.41) is 0.394. The number of hydrogen-bond donors (Lipinski definition) is 1. The highest BCUT2D eigenvalue weighted by molar-refractivity contribution is 6.03. The van der Waals surface area contributed by atoms with Crippen molar-refractivity contribution in [2.45, 2.75) is 32.2 Å². The fourth-order valence-electron chi connectivity index (χ4n) is 2.83. The molecule has 1 aliphatic carbocycles. The number of ketones is 2. The van der Waals surface area contributed by atoms with Crippen LogP contribution in [0.3, 0.4) is 0 Å². The number of aryl methyl sites for hydroxylation is 1. The summed E-state index contributed by atoms with van der Waals surface area (Å²) < 4.78 is 1.40. The zero-order valence-electron chi connectivity index (χ0n) is 11.6. The lowest BCUT2D eigenvalue weighted by Gasteiger charge is -2.23. The SMILES string of the molecule is Cc1nc2ccc(N)cc2c(=O)n1C1CCC(=O)CC1=O. The van der Waals surface area contributed by atoms with Crippen LogP contribution in [0.1, 0.15) is 31.1 Å². The summed E-state index contributed by atoms with van der Waals surface area (Å²) >= 11 is 0. The molecule has 6 heteroatoms. The number of carbonyl (C=O) groups excluding carboxylic acids is 2. The maximum Gasteiger partial charge on any atom is 0.262 e. The second-order valence-electron chi connectivity index (χ2n) is 5.35. The predicted octanol–water partition coefficient (Wildman–Crippen LogP) is 1.15. The highest BCUT2D eigenvalue weighted by Gasteiger charge is 2.30. The third-order valence-corrected chi connectivity index (χ3v) is 3.85. The first-order chi connectivity index (χ1) is 9.97. The van der Waals surface area contributed by atoms with Crippen LogP contribution in [-0.4, -0.2) is 21.1 Å². The monoisotopic (exact) mass is 285 g/mol. The normalized spacial score (nSPS) is 19.2. The van der Waals surface area contributed by atoms with Crippen molar-refractivity contribution in [3.8, 4) is 0 Å². The molecule has 1 aromatic carbocycles. The second-order valence-corrected chi connectivity index (χ2v) is 5.35. The van der Waals surface area contributed by atoms with Gasteiger partial charge in [-0.1, -0.05) is 0 Å². The Hall–Kier alpha value is -2.50. The van der Waals surface area contributed by atoms with Crippen LogP contribution in [0, 0.1) is 6.92 Å². The van der Waals surface area contributed by atoms with Crippen LogP contribution in [-0.2, 0) is 9.59 Å². The highest BCUT2D eigenvalue weighted by Crippen LogP contribution is 2.24. The van der Waals surface area contributed by atoms with E-state index in [0.29, 0.717) is 35.3 Å². The Bertz CT molecular complexity index is 823. The Labute approximate surface area is 120 Å². The van der Waals surface area contributed by atoms with Gasteiger partial charge < -0.3 is 5.73 Å². The average molecular weight is 285 g/mol. The first kappa shape index (κ1) is 13.5. The van der Waals surface area contributed by atoms with E-state index >= 15 is 0 Å². The number of nitrogens with two attached hydrogens (primary N) is 1. The molecule has 1 saturated carbocycles. The standard InChI is InChI=1S/C15H15N3O3/c1-8-17-12-4-2-9(16)6-11(12)15(21)18(8)13-5-3-10(19)7-14(13)20/h2,4,6,13H,3,5,7,16H2,1H3. The number of carbonyl (C=O) groups is 2. The average Bonchev–Trinajstić information content (AvgIpc) is 2.42. The van der Waals surface area contributed by atoms with Crippen molar-refractivity contribution >= 4 is 28.2 Å². The maximum atomic E-state index is 12.7. The van der Waals surface area contributed by atoms with Gasteiger partial charge in [-0.05, 0) is 31.5 Å². The van der Waals surface area contributed by atoms with E-state index in [1.54, 1.807) is 25.1 Å².